The van der Waals surface area contributed by atoms with E-state index in [1.54, 1.807) is 6.07 Å². The number of aromatic nitrogens is 1. The molecule has 1 saturated heterocycles. The van der Waals surface area contributed by atoms with Crippen LogP contribution in [0.5, 0.6) is 0 Å². The van der Waals surface area contributed by atoms with Crippen LogP contribution in [0.25, 0.3) is 0 Å². The summed E-state index contributed by atoms with van der Waals surface area (Å²) in [6, 6.07) is 13.1. The lowest BCUT2D eigenvalue weighted by atomic mass is 10.1. The molecule has 3 rings (SSSR count). The number of carboxylic acids is 1. The maximum atomic E-state index is 12.7. The number of pyridine rings is 1. The van der Waals surface area contributed by atoms with Crippen LogP contribution in [0.2, 0.25) is 0 Å². The minimum absolute atomic E-state index is 0.0520. The zero-order chi connectivity index (χ0) is 18.5. The molecular formula is C20H23N3O3. The largest absolute Gasteiger partial charge is 0.478 e. The van der Waals surface area contributed by atoms with E-state index in [4.69, 9.17) is 5.11 Å². The van der Waals surface area contributed by atoms with Gasteiger partial charge in [0.2, 0.25) is 5.91 Å². The molecule has 26 heavy (non-hydrogen) atoms. The van der Waals surface area contributed by atoms with E-state index in [1.807, 2.05) is 35.2 Å². The molecule has 0 saturated carbocycles. The highest BCUT2D eigenvalue weighted by Gasteiger charge is 2.34. The standard InChI is InChI=1S/C20H23N3O3/c1-14(15-5-3-2-4-6-15)23-10-8-17(19(23)24)12-21-13-18-11-16(20(25)26)7-9-22-18/h2-7,9,11,14,17,21H,8,10,12-13H2,1H3,(H,25,26)/t14-,17-/m1/s1. The molecule has 0 radical (unpaired) electrons. The Morgan fingerprint density at radius 1 is 1.35 bits per heavy atom. The minimum Gasteiger partial charge on any atom is -0.478 e. The molecule has 2 atom stereocenters. The van der Waals surface area contributed by atoms with Crippen LogP contribution in [0.15, 0.2) is 48.7 Å². The molecule has 6 heteroatoms. The molecule has 0 spiro atoms. The van der Waals surface area contributed by atoms with Crippen LogP contribution < -0.4 is 5.32 Å². The Bertz CT molecular complexity index is 779. The van der Waals surface area contributed by atoms with Crippen LogP contribution in [-0.4, -0.2) is 40.0 Å². The van der Waals surface area contributed by atoms with E-state index in [9.17, 15) is 9.59 Å². The van der Waals surface area contributed by atoms with Gasteiger partial charge in [0.05, 0.1) is 23.2 Å². The second kappa shape index (κ2) is 8.10. The van der Waals surface area contributed by atoms with Gasteiger partial charge in [-0.1, -0.05) is 30.3 Å². The van der Waals surface area contributed by atoms with Gasteiger partial charge >= 0.3 is 5.97 Å². The number of carbonyl (C=O) groups excluding carboxylic acids is 1. The van der Waals surface area contributed by atoms with Crippen molar-refractivity contribution in [2.24, 2.45) is 5.92 Å². The number of aromatic carboxylic acids is 1. The smallest absolute Gasteiger partial charge is 0.335 e. The van der Waals surface area contributed by atoms with Gasteiger partial charge in [-0.3, -0.25) is 9.78 Å². The molecule has 1 aliphatic heterocycles. The van der Waals surface area contributed by atoms with Gasteiger partial charge in [0.1, 0.15) is 0 Å². The summed E-state index contributed by atoms with van der Waals surface area (Å²) in [7, 11) is 0. The summed E-state index contributed by atoms with van der Waals surface area (Å²) in [5.74, 6) is -0.852. The molecule has 2 N–H and O–H groups in total. The first-order chi connectivity index (χ1) is 12.6. The van der Waals surface area contributed by atoms with Gasteiger partial charge in [-0.15, -0.1) is 0 Å². The van der Waals surface area contributed by atoms with Gasteiger partial charge in [0, 0.05) is 25.8 Å². The second-order valence-corrected chi connectivity index (χ2v) is 6.58. The van der Waals surface area contributed by atoms with Crippen LogP contribution in [-0.2, 0) is 11.3 Å². The monoisotopic (exact) mass is 353 g/mol. The number of benzene rings is 1. The average Bonchev–Trinajstić information content (AvgIpc) is 3.03. The number of nitrogens with zero attached hydrogens (tertiary/aromatic N) is 2. The van der Waals surface area contributed by atoms with E-state index < -0.39 is 5.97 Å². The fourth-order valence-electron chi connectivity index (χ4n) is 3.33. The Kier molecular flexibility index (Phi) is 5.63. The Morgan fingerprint density at radius 3 is 2.85 bits per heavy atom. The molecular weight excluding hydrogens is 330 g/mol. The van der Waals surface area contributed by atoms with Crippen LogP contribution in [0.1, 0.15) is 41.0 Å². The first kappa shape index (κ1) is 18.1. The molecule has 2 heterocycles. The van der Waals surface area contributed by atoms with Crippen molar-refractivity contribution < 1.29 is 14.7 Å². The predicted octanol–water partition coefficient (Wildman–Crippen LogP) is 2.48. The highest BCUT2D eigenvalue weighted by Crippen LogP contribution is 2.28. The number of rotatable bonds is 7. The van der Waals surface area contributed by atoms with Crippen molar-refractivity contribution in [3.63, 3.8) is 0 Å². The Hall–Kier alpha value is -2.73. The maximum absolute atomic E-state index is 12.7. The lowest BCUT2D eigenvalue weighted by Gasteiger charge is -2.25. The SMILES string of the molecule is C[C@H](c1ccccc1)N1CC[C@H](CNCc2cc(C(=O)O)ccn2)C1=O. The molecule has 0 aliphatic carbocycles. The van der Waals surface area contributed by atoms with E-state index in [1.165, 1.54) is 12.3 Å². The molecule has 6 nitrogen and oxygen atoms in total. The quantitative estimate of drug-likeness (QED) is 0.799. The maximum Gasteiger partial charge on any atom is 0.335 e. The third-order valence-corrected chi connectivity index (χ3v) is 4.86. The topological polar surface area (TPSA) is 82.5 Å². The van der Waals surface area contributed by atoms with Crippen molar-refractivity contribution in [1.82, 2.24) is 15.2 Å². The van der Waals surface area contributed by atoms with Crippen LogP contribution in [0.3, 0.4) is 0 Å². The lowest BCUT2D eigenvalue weighted by Crippen LogP contribution is -2.33. The summed E-state index contributed by atoms with van der Waals surface area (Å²) in [4.78, 5) is 29.8. The molecule has 0 unspecified atom stereocenters. The molecule has 1 amide bonds. The van der Waals surface area contributed by atoms with Gasteiger partial charge in [0.15, 0.2) is 0 Å². The summed E-state index contributed by atoms with van der Waals surface area (Å²) < 4.78 is 0. The van der Waals surface area contributed by atoms with Crippen LogP contribution >= 0.6 is 0 Å². The van der Waals surface area contributed by atoms with E-state index in [0.717, 1.165) is 18.5 Å². The minimum atomic E-state index is -0.967. The van der Waals surface area contributed by atoms with Crippen LogP contribution in [0, 0.1) is 5.92 Å². The molecule has 136 valence electrons. The van der Waals surface area contributed by atoms with Crippen molar-refractivity contribution in [2.75, 3.05) is 13.1 Å². The first-order valence-electron chi connectivity index (χ1n) is 8.80. The van der Waals surface area contributed by atoms with Gasteiger partial charge < -0.3 is 15.3 Å². The number of carboxylic acid groups (broad SMARTS) is 1. The van der Waals surface area contributed by atoms with E-state index in [2.05, 4.69) is 17.2 Å². The summed E-state index contributed by atoms with van der Waals surface area (Å²) in [5.41, 5.74) is 2.02. The summed E-state index contributed by atoms with van der Waals surface area (Å²) >= 11 is 0. The average molecular weight is 353 g/mol. The number of hydrogen-bond acceptors (Lipinski definition) is 4. The zero-order valence-electron chi connectivity index (χ0n) is 14.8. The third-order valence-electron chi connectivity index (χ3n) is 4.86. The molecule has 1 aliphatic rings. The molecule has 1 fully saturated rings. The van der Waals surface area contributed by atoms with E-state index in [0.29, 0.717) is 18.8 Å². The number of hydrogen-bond donors (Lipinski definition) is 2. The highest BCUT2D eigenvalue weighted by molar-refractivity contribution is 5.87. The fraction of sp³-hybridized carbons (Fsp3) is 0.350. The van der Waals surface area contributed by atoms with Crippen molar-refractivity contribution in [1.29, 1.82) is 0 Å². The first-order valence-corrected chi connectivity index (χ1v) is 8.80. The Labute approximate surface area is 152 Å². The van der Waals surface area contributed by atoms with Crippen molar-refractivity contribution in [2.45, 2.75) is 25.9 Å². The van der Waals surface area contributed by atoms with Crippen molar-refractivity contribution in [3.05, 3.63) is 65.5 Å². The van der Waals surface area contributed by atoms with Gasteiger partial charge in [-0.2, -0.15) is 0 Å². The van der Waals surface area contributed by atoms with Gasteiger partial charge in [-0.05, 0) is 31.0 Å². The lowest BCUT2D eigenvalue weighted by molar-refractivity contribution is -0.132. The molecule has 2 aromatic rings. The zero-order valence-corrected chi connectivity index (χ0v) is 14.8. The number of amides is 1. The molecule has 0 bridgehead atoms. The van der Waals surface area contributed by atoms with Gasteiger partial charge in [-0.25, -0.2) is 4.79 Å². The van der Waals surface area contributed by atoms with Crippen molar-refractivity contribution >= 4 is 11.9 Å². The summed E-state index contributed by atoms with van der Waals surface area (Å²) in [6.07, 6.45) is 2.32. The third kappa shape index (κ3) is 4.08. The predicted molar refractivity (Wildman–Crippen MR) is 97.6 cm³/mol. The number of nitrogens with one attached hydrogen (secondary N) is 1. The normalized spacial score (nSPS) is 18.1. The van der Waals surface area contributed by atoms with Crippen molar-refractivity contribution in [3.8, 4) is 0 Å². The van der Waals surface area contributed by atoms with Gasteiger partial charge in [0.25, 0.3) is 0 Å². The molecule has 1 aromatic carbocycles. The summed E-state index contributed by atoms with van der Waals surface area (Å²) in [6.45, 7) is 3.83. The number of likely N-dealkylation sites (tertiary alicyclic amines) is 1. The Balaban J connectivity index is 1.53. The van der Waals surface area contributed by atoms with E-state index >= 15 is 0 Å². The Morgan fingerprint density at radius 2 is 2.12 bits per heavy atom. The fourth-order valence-corrected chi connectivity index (χ4v) is 3.33. The van der Waals surface area contributed by atoms with Crippen LogP contribution in [0.4, 0.5) is 0 Å². The van der Waals surface area contributed by atoms with E-state index in [-0.39, 0.29) is 23.4 Å². The summed E-state index contributed by atoms with van der Waals surface area (Å²) in [5, 5.41) is 12.3. The highest BCUT2D eigenvalue weighted by atomic mass is 16.4. The second-order valence-electron chi connectivity index (χ2n) is 6.58. The number of carbonyl (C=O) groups is 2. The molecule has 1 aromatic heterocycles.